The summed E-state index contributed by atoms with van der Waals surface area (Å²) in [5.74, 6) is -0.381. The van der Waals surface area contributed by atoms with Crippen molar-refractivity contribution in [2.24, 2.45) is 0 Å². The molecule has 0 amide bonds. The summed E-state index contributed by atoms with van der Waals surface area (Å²) in [5, 5.41) is 0. The minimum Gasteiger partial charge on any atom is -0.462 e. The van der Waals surface area contributed by atoms with E-state index in [0.29, 0.717) is 26.1 Å². The van der Waals surface area contributed by atoms with Crippen LogP contribution < -0.4 is 0 Å². The molecular weight excluding hydrogens is 693 g/mol. The smallest absolute Gasteiger partial charge is 0.306 e. The van der Waals surface area contributed by atoms with E-state index in [1.54, 1.807) is 0 Å². The van der Waals surface area contributed by atoms with Crippen LogP contribution in [0.15, 0.2) is 12.2 Å². The van der Waals surface area contributed by atoms with Gasteiger partial charge < -0.3 is 14.2 Å². The van der Waals surface area contributed by atoms with Crippen LogP contribution in [0.1, 0.15) is 278 Å². The summed E-state index contributed by atoms with van der Waals surface area (Å²) in [4.78, 5) is 25.3. The van der Waals surface area contributed by atoms with Crippen molar-refractivity contribution in [2.75, 3.05) is 19.8 Å². The quantitative estimate of drug-likeness (QED) is 0.0349. The van der Waals surface area contributed by atoms with Gasteiger partial charge in [0.25, 0.3) is 0 Å². The van der Waals surface area contributed by atoms with Crippen molar-refractivity contribution >= 4 is 11.9 Å². The molecule has 0 aromatic rings. The normalized spacial score (nSPS) is 12.1. The third-order valence-corrected chi connectivity index (χ3v) is 11.3. The first-order chi connectivity index (χ1) is 27.6. The second kappa shape index (κ2) is 48.0. The summed E-state index contributed by atoms with van der Waals surface area (Å²) in [6.07, 6.45) is 53.5. The third kappa shape index (κ3) is 45.3. The zero-order chi connectivity index (χ0) is 40.7. The second-order valence-corrected chi connectivity index (χ2v) is 17.1. The van der Waals surface area contributed by atoms with E-state index in [1.165, 1.54) is 205 Å². The molecule has 0 rings (SSSR count). The van der Waals surface area contributed by atoms with Gasteiger partial charge in [0.1, 0.15) is 6.61 Å². The molecule has 0 bridgehead atoms. The van der Waals surface area contributed by atoms with Crippen molar-refractivity contribution in [3.63, 3.8) is 0 Å². The maximum absolute atomic E-state index is 12.8. The molecule has 0 aromatic carbocycles. The lowest BCUT2D eigenvalue weighted by atomic mass is 10.0. The molecule has 0 saturated heterocycles. The Labute approximate surface area is 350 Å². The van der Waals surface area contributed by atoms with Gasteiger partial charge in [-0.05, 0) is 44.9 Å². The van der Waals surface area contributed by atoms with E-state index >= 15 is 0 Å². The van der Waals surface area contributed by atoms with Crippen LogP contribution in [0.2, 0.25) is 0 Å². The van der Waals surface area contributed by atoms with E-state index in [-0.39, 0.29) is 18.5 Å². The summed E-state index contributed by atoms with van der Waals surface area (Å²) in [7, 11) is 0. The Balaban J connectivity index is 4.22. The number of ether oxygens (including phenoxy) is 3. The van der Waals surface area contributed by atoms with Crippen molar-refractivity contribution < 1.29 is 23.8 Å². The summed E-state index contributed by atoms with van der Waals surface area (Å²) < 4.78 is 17.4. The van der Waals surface area contributed by atoms with Crippen molar-refractivity contribution in [3.8, 4) is 0 Å². The topological polar surface area (TPSA) is 61.8 Å². The van der Waals surface area contributed by atoms with Gasteiger partial charge in [0.05, 0.1) is 6.61 Å². The molecule has 0 aliphatic rings. The van der Waals surface area contributed by atoms with Gasteiger partial charge in [-0.3, -0.25) is 9.59 Å². The number of carbonyl (C=O) groups is 2. The van der Waals surface area contributed by atoms with Crippen molar-refractivity contribution in [1.29, 1.82) is 0 Å². The zero-order valence-electron chi connectivity index (χ0n) is 38.2. The minimum atomic E-state index is -0.528. The van der Waals surface area contributed by atoms with Gasteiger partial charge in [0.2, 0.25) is 0 Å². The number of esters is 2. The van der Waals surface area contributed by atoms with Crippen LogP contribution >= 0.6 is 0 Å². The van der Waals surface area contributed by atoms with Gasteiger partial charge in [-0.1, -0.05) is 232 Å². The SMILES string of the molecule is CCCCCC/C=C\CCCCCCCCOCC(COC(=O)CCCCCCCCCCCCCCC)OC(=O)CCCCCCCCCCCCCCC. The molecule has 1 atom stereocenters. The molecule has 5 nitrogen and oxygen atoms in total. The van der Waals surface area contributed by atoms with Gasteiger partial charge in [0.15, 0.2) is 6.10 Å². The first-order valence-electron chi connectivity index (χ1n) is 25.2. The summed E-state index contributed by atoms with van der Waals surface area (Å²) in [6, 6.07) is 0. The number of unbranched alkanes of at least 4 members (excludes halogenated alkanes) is 34. The van der Waals surface area contributed by atoms with Gasteiger partial charge in [-0.2, -0.15) is 0 Å². The van der Waals surface area contributed by atoms with E-state index in [2.05, 4.69) is 32.9 Å². The molecule has 1 unspecified atom stereocenters. The molecule has 0 fully saturated rings. The largest absolute Gasteiger partial charge is 0.462 e. The minimum absolute atomic E-state index is 0.0921. The monoisotopic (exact) mass is 791 g/mol. The van der Waals surface area contributed by atoms with E-state index in [4.69, 9.17) is 14.2 Å². The predicted molar refractivity (Wildman–Crippen MR) is 242 cm³/mol. The van der Waals surface area contributed by atoms with Crippen LogP contribution in [-0.2, 0) is 23.8 Å². The van der Waals surface area contributed by atoms with Crippen LogP contribution in [0.4, 0.5) is 0 Å². The third-order valence-electron chi connectivity index (χ3n) is 11.3. The lowest BCUT2D eigenvalue weighted by molar-refractivity contribution is -0.163. The summed E-state index contributed by atoms with van der Waals surface area (Å²) in [5.41, 5.74) is 0. The Morgan fingerprint density at radius 1 is 0.375 bits per heavy atom. The molecule has 0 N–H and O–H groups in total. The highest BCUT2D eigenvalue weighted by molar-refractivity contribution is 5.70. The second-order valence-electron chi connectivity index (χ2n) is 17.1. The van der Waals surface area contributed by atoms with Gasteiger partial charge in [-0.15, -0.1) is 0 Å². The highest BCUT2D eigenvalue weighted by atomic mass is 16.6. The molecule has 0 saturated carbocycles. The molecule has 0 spiro atoms. The van der Waals surface area contributed by atoms with Crippen molar-refractivity contribution in [1.82, 2.24) is 0 Å². The number of hydrogen-bond acceptors (Lipinski definition) is 5. The molecule has 56 heavy (non-hydrogen) atoms. The average molecular weight is 791 g/mol. The fourth-order valence-corrected chi connectivity index (χ4v) is 7.51. The molecule has 0 aliphatic carbocycles. The zero-order valence-corrected chi connectivity index (χ0v) is 38.2. The Morgan fingerprint density at radius 3 is 1.11 bits per heavy atom. The number of rotatable bonds is 47. The molecule has 0 aliphatic heterocycles. The van der Waals surface area contributed by atoms with Crippen molar-refractivity contribution in [2.45, 2.75) is 284 Å². The lowest BCUT2D eigenvalue weighted by Crippen LogP contribution is -2.30. The molecule has 0 radical (unpaired) electrons. The number of carbonyl (C=O) groups excluding carboxylic acids is 2. The number of hydrogen-bond donors (Lipinski definition) is 0. The van der Waals surface area contributed by atoms with Gasteiger partial charge in [-0.25, -0.2) is 0 Å². The van der Waals surface area contributed by atoms with Crippen LogP contribution in [0, 0.1) is 0 Å². The molecule has 332 valence electrons. The van der Waals surface area contributed by atoms with Crippen LogP contribution in [0.5, 0.6) is 0 Å². The van der Waals surface area contributed by atoms with E-state index in [0.717, 1.165) is 38.5 Å². The first kappa shape index (κ1) is 54.6. The average Bonchev–Trinajstić information content (AvgIpc) is 3.20. The van der Waals surface area contributed by atoms with E-state index in [9.17, 15) is 9.59 Å². The summed E-state index contributed by atoms with van der Waals surface area (Å²) in [6.45, 7) is 7.85. The lowest BCUT2D eigenvalue weighted by Gasteiger charge is -2.18. The Morgan fingerprint density at radius 2 is 0.696 bits per heavy atom. The Hall–Kier alpha value is -1.36. The van der Waals surface area contributed by atoms with Crippen LogP contribution in [0.3, 0.4) is 0 Å². The molecule has 0 heterocycles. The first-order valence-corrected chi connectivity index (χ1v) is 25.2. The van der Waals surface area contributed by atoms with Crippen LogP contribution in [-0.4, -0.2) is 37.9 Å². The highest BCUT2D eigenvalue weighted by Crippen LogP contribution is 2.16. The summed E-state index contributed by atoms with van der Waals surface area (Å²) >= 11 is 0. The van der Waals surface area contributed by atoms with Crippen molar-refractivity contribution in [3.05, 3.63) is 12.2 Å². The predicted octanol–water partition coefficient (Wildman–Crippen LogP) is 16.7. The van der Waals surface area contributed by atoms with Gasteiger partial charge >= 0.3 is 11.9 Å². The molecule has 0 aromatic heterocycles. The maximum atomic E-state index is 12.8. The van der Waals surface area contributed by atoms with Crippen LogP contribution in [0.25, 0.3) is 0 Å². The van der Waals surface area contributed by atoms with E-state index < -0.39 is 6.10 Å². The fraction of sp³-hybridized carbons (Fsp3) is 0.922. The molecular formula is C51H98O5. The number of allylic oxidation sites excluding steroid dienone is 2. The highest BCUT2D eigenvalue weighted by Gasteiger charge is 2.17. The Kier molecular flexibility index (Phi) is 46.8. The van der Waals surface area contributed by atoms with E-state index in [1.807, 2.05) is 0 Å². The standard InChI is InChI=1S/C51H98O5/c1-4-7-10-13-16-19-22-25-28-31-34-37-40-43-46-54-47-49(56-51(53)45-42-39-36-33-30-27-24-21-18-15-12-9-6-3)48-55-50(52)44-41-38-35-32-29-26-23-20-17-14-11-8-5-2/h19,22,49H,4-18,20-21,23-48H2,1-3H3/b22-19-. The maximum Gasteiger partial charge on any atom is 0.306 e. The van der Waals surface area contributed by atoms with Gasteiger partial charge in [0, 0.05) is 19.4 Å². The fourth-order valence-electron chi connectivity index (χ4n) is 7.51. The molecule has 5 heteroatoms. The Bertz CT molecular complexity index is 810.